The molecule has 29 heavy (non-hydrogen) atoms. The number of nitrogens with zero attached hydrogens (tertiary/aromatic N) is 1. The Morgan fingerprint density at radius 1 is 1.14 bits per heavy atom. The topological polar surface area (TPSA) is 48.3 Å². The molecule has 1 aromatic heterocycles. The molecule has 146 valence electrons. The zero-order chi connectivity index (χ0) is 21.1. The van der Waals surface area contributed by atoms with E-state index in [-0.39, 0.29) is 5.56 Å². The molecule has 3 aromatic rings. The predicted molar refractivity (Wildman–Crippen MR) is 116 cm³/mol. The van der Waals surface area contributed by atoms with Gasteiger partial charge in [-0.2, -0.15) is 0 Å². The summed E-state index contributed by atoms with van der Waals surface area (Å²) >= 11 is 0. The first-order chi connectivity index (χ1) is 13.8. The molecule has 0 aliphatic heterocycles. The van der Waals surface area contributed by atoms with Crippen molar-refractivity contribution in [3.05, 3.63) is 81.3 Å². The predicted octanol–water partition coefficient (Wildman–Crippen LogP) is 4.84. The van der Waals surface area contributed by atoms with Crippen LogP contribution in [0, 0.1) is 26.2 Å². The van der Waals surface area contributed by atoms with Crippen molar-refractivity contribution >= 4 is 5.78 Å². The molecule has 4 heteroatoms. The summed E-state index contributed by atoms with van der Waals surface area (Å²) in [5.41, 5.74) is 4.57. The van der Waals surface area contributed by atoms with Crippen molar-refractivity contribution in [1.29, 1.82) is 0 Å². The van der Waals surface area contributed by atoms with Gasteiger partial charge in [0.2, 0.25) is 5.78 Å². The summed E-state index contributed by atoms with van der Waals surface area (Å²) in [4.78, 5) is 24.4. The summed E-state index contributed by atoms with van der Waals surface area (Å²) < 4.78 is 7.84. The second-order valence-electron chi connectivity index (χ2n) is 7.03. The first-order valence-corrected chi connectivity index (χ1v) is 9.44. The number of aromatic nitrogens is 1. The first-order valence-electron chi connectivity index (χ1n) is 9.44. The van der Waals surface area contributed by atoms with Gasteiger partial charge in [0.1, 0.15) is 11.5 Å². The molecule has 2 aromatic carbocycles. The fourth-order valence-corrected chi connectivity index (χ4v) is 3.32. The number of rotatable bonds is 5. The number of Topliss-reactive ketones (excluding diaryl/α,β-unsaturated/α-hetero) is 1. The van der Waals surface area contributed by atoms with E-state index in [4.69, 9.17) is 11.2 Å². The number of aryl methyl sites for hydroxylation is 4. The van der Waals surface area contributed by atoms with Crippen LogP contribution in [0.3, 0.4) is 0 Å². The molecule has 0 N–H and O–H groups in total. The van der Waals surface area contributed by atoms with Gasteiger partial charge in [-0.1, -0.05) is 25.1 Å². The smallest absolute Gasteiger partial charge is 0.253 e. The molecule has 0 saturated carbocycles. The van der Waals surface area contributed by atoms with Crippen LogP contribution in [0.25, 0.3) is 11.1 Å². The number of pyridine rings is 1. The van der Waals surface area contributed by atoms with Gasteiger partial charge in [0.05, 0.1) is 0 Å². The SMILES string of the molecule is C#CC(=O)c1ccc(Oc2c(C)cccc2C)c(-c2cc(CC)c(=O)n(C)c2)c1. The van der Waals surface area contributed by atoms with E-state index < -0.39 is 5.78 Å². The summed E-state index contributed by atoms with van der Waals surface area (Å²) in [6.07, 6.45) is 7.66. The van der Waals surface area contributed by atoms with E-state index in [2.05, 4.69) is 5.92 Å². The number of hydrogen-bond donors (Lipinski definition) is 0. The Kier molecular flexibility index (Phi) is 5.70. The molecule has 1 heterocycles. The van der Waals surface area contributed by atoms with Crippen LogP contribution in [0.5, 0.6) is 11.5 Å². The largest absolute Gasteiger partial charge is 0.456 e. The number of terminal acetylenes is 1. The molecule has 0 aliphatic rings. The van der Waals surface area contributed by atoms with Crippen LogP contribution in [-0.2, 0) is 13.5 Å². The molecule has 3 rings (SSSR count). The molecule has 0 bridgehead atoms. The maximum atomic E-state index is 12.3. The lowest BCUT2D eigenvalue weighted by atomic mass is 9.99. The van der Waals surface area contributed by atoms with Gasteiger partial charge in [0.15, 0.2) is 0 Å². The van der Waals surface area contributed by atoms with Crippen molar-refractivity contribution in [3.8, 4) is 35.0 Å². The monoisotopic (exact) mass is 385 g/mol. The van der Waals surface area contributed by atoms with Crippen molar-refractivity contribution in [2.45, 2.75) is 27.2 Å². The molecular formula is C25H23NO3. The van der Waals surface area contributed by atoms with Crippen molar-refractivity contribution in [3.63, 3.8) is 0 Å². The molecule has 0 unspecified atom stereocenters. The van der Waals surface area contributed by atoms with Crippen LogP contribution in [0.2, 0.25) is 0 Å². The van der Waals surface area contributed by atoms with Gasteiger partial charge >= 0.3 is 0 Å². The molecule has 0 radical (unpaired) electrons. The third-order valence-electron chi connectivity index (χ3n) is 4.94. The summed E-state index contributed by atoms with van der Waals surface area (Å²) in [7, 11) is 1.72. The van der Waals surface area contributed by atoms with Crippen molar-refractivity contribution in [2.75, 3.05) is 0 Å². The Morgan fingerprint density at radius 2 is 1.83 bits per heavy atom. The van der Waals surface area contributed by atoms with E-state index in [1.165, 1.54) is 0 Å². The molecule has 0 atom stereocenters. The number of carbonyl (C=O) groups is 1. The van der Waals surface area contributed by atoms with Crippen LogP contribution in [-0.4, -0.2) is 10.4 Å². The molecule has 0 spiro atoms. The highest BCUT2D eigenvalue weighted by Gasteiger charge is 2.15. The number of benzene rings is 2. The van der Waals surface area contributed by atoms with Gasteiger partial charge in [-0.15, -0.1) is 6.42 Å². The normalized spacial score (nSPS) is 10.4. The van der Waals surface area contributed by atoms with Crippen molar-refractivity contribution < 1.29 is 9.53 Å². The highest BCUT2D eigenvalue weighted by atomic mass is 16.5. The third kappa shape index (κ3) is 4.00. The zero-order valence-electron chi connectivity index (χ0n) is 17.1. The maximum absolute atomic E-state index is 12.3. The lowest BCUT2D eigenvalue weighted by molar-refractivity contribution is 0.105. The Hall–Kier alpha value is -3.58. The van der Waals surface area contributed by atoms with Gasteiger partial charge in [-0.05, 0) is 61.6 Å². The van der Waals surface area contributed by atoms with E-state index in [9.17, 15) is 9.59 Å². The van der Waals surface area contributed by atoms with Crippen molar-refractivity contribution in [2.24, 2.45) is 7.05 Å². The Bertz CT molecular complexity index is 1180. The van der Waals surface area contributed by atoms with Crippen LogP contribution in [0.15, 0.2) is 53.5 Å². The number of hydrogen-bond acceptors (Lipinski definition) is 3. The first kappa shape index (κ1) is 20.2. The van der Waals surface area contributed by atoms with Crippen LogP contribution in [0.4, 0.5) is 0 Å². The van der Waals surface area contributed by atoms with Crippen molar-refractivity contribution in [1.82, 2.24) is 4.57 Å². The molecule has 4 nitrogen and oxygen atoms in total. The standard InChI is InChI=1S/C25H23NO3/c1-6-18-13-20(15-26(5)25(18)28)21-14-19(22(27)7-2)11-12-23(21)29-24-16(3)9-8-10-17(24)4/h2,8-15H,6H2,1,3-5H3. The summed E-state index contributed by atoms with van der Waals surface area (Å²) in [5.74, 6) is 3.12. The molecule has 0 saturated heterocycles. The molecule has 0 amide bonds. The fourth-order valence-electron chi connectivity index (χ4n) is 3.32. The highest BCUT2D eigenvalue weighted by Crippen LogP contribution is 2.36. The number of para-hydroxylation sites is 1. The average Bonchev–Trinajstić information content (AvgIpc) is 2.72. The minimum atomic E-state index is -0.398. The van der Waals surface area contributed by atoms with E-state index >= 15 is 0 Å². The van der Waals surface area contributed by atoms with Crippen LogP contribution < -0.4 is 10.3 Å². The van der Waals surface area contributed by atoms with Crippen LogP contribution >= 0.6 is 0 Å². The highest BCUT2D eigenvalue weighted by molar-refractivity contribution is 6.09. The van der Waals surface area contributed by atoms with E-state index in [0.717, 1.165) is 22.4 Å². The van der Waals surface area contributed by atoms with Gasteiger partial charge in [0, 0.05) is 35.5 Å². The van der Waals surface area contributed by atoms with Gasteiger partial charge in [-0.3, -0.25) is 9.59 Å². The summed E-state index contributed by atoms with van der Waals surface area (Å²) in [6.45, 7) is 5.91. The summed E-state index contributed by atoms with van der Waals surface area (Å²) in [6, 6.07) is 12.9. The quantitative estimate of drug-likeness (QED) is 0.359. The second kappa shape index (κ2) is 8.20. The zero-order valence-corrected chi connectivity index (χ0v) is 17.1. The van der Waals surface area contributed by atoms with E-state index in [1.54, 1.807) is 36.0 Å². The van der Waals surface area contributed by atoms with Gasteiger partial charge in [-0.25, -0.2) is 0 Å². The Labute approximate surface area is 170 Å². The average molecular weight is 385 g/mol. The minimum Gasteiger partial charge on any atom is -0.456 e. The van der Waals surface area contributed by atoms with E-state index in [0.29, 0.717) is 28.9 Å². The van der Waals surface area contributed by atoms with Gasteiger partial charge < -0.3 is 9.30 Å². The molecular weight excluding hydrogens is 362 g/mol. The Morgan fingerprint density at radius 3 is 2.45 bits per heavy atom. The second-order valence-corrected chi connectivity index (χ2v) is 7.03. The lowest BCUT2D eigenvalue weighted by Crippen LogP contribution is -2.20. The number of ketones is 1. The number of carbonyl (C=O) groups excluding carboxylic acids is 1. The summed E-state index contributed by atoms with van der Waals surface area (Å²) in [5, 5.41) is 0. The maximum Gasteiger partial charge on any atom is 0.253 e. The lowest BCUT2D eigenvalue weighted by Gasteiger charge is -2.17. The third-order valence-corrected chi connectivity index (χ3v) is 4.94. The Balaban J connectivity index is 2.23. The molecule has 0 aliphatic carbocycles. The van der Waals surface area contributed by atoms with Gasteiger partial charge in [0.25, 0.3) is 5.56 Å². The molecule has 0 fully saturated rings. The van der Waals surface area contributed by atoms with E-state index in [1.807, 2.05) is 45.0 Å². The fraction of sp³-hybridized carbons (Fsp3) is 0.200. The number of ether oxygens (including phenoxy) is 1. The van der Waals surface area contributed by atoms with Crippen LogP contribution in [0.1, 0.15) is 34.0 Å². The minimum absolute atomic E-state index is 0.0377.